The Morgan fingerprint density at radius 1 is 0.197 bits per heavy atom. The van der Waals surface area contributed by atoms with Gasteiger partial charge in [0.2, 0.25) is 0 Å². The van der Waals surface area contributed by atoms with Crippen LogP contribution in [0, 0.1) is 0 Å². The van der Waals surface area contributed by atoms with Crippen LogP contribution in [-0.2, 0) is 0 Å². The van der Waals surface area contributed by atoms with Crippen LogP contribution in [0.4, 0.5) is 0 Å². The number of piperidine rings is 2. The Balaban J connectivity index is -0.000000243. The van der Waals surface area contributed by atoms with Gasteiger partial charge >= 0.3 is 0 Å². The molecule has 4 fully saturated rings. The number of pyridine rings is 5. The van der Waals surface area contributed by atoms with E-state index in [1.54, 1.807) is 68.0 Å². The number of nitrogens with one attached hydrogen (secondary N) is 7. The number of nitrogens with zero attached hydrogens (tertiary/aromatic N) is 11. The molecule has 15 aromatic rings. The van der Waals surface area contributed by atoms with Crippen LogP contribution >= 0.6 is 0 Å². The lowest BCUT2D eigenvalue weighted by molar-refractivity contribution is 0.443. The fourth-order valence-corrected chi connectivity index (χ4v) is 9.74. The average Bonchev–Trinajstić information content (AvgIpc) is 1.12. The molecule has 700 valence electrons. The lowest BCUT2D eigenvalue weighted by Crippen LogP contribution is -2.37. The molecular weight excluding hydrogens is 1560 g/mol. The number of H-pyrrole nitrogens is 1. The molecule has 7 N–H and O–H groups in total. The van der Waals surface area contributed by atoms with Crippen molar-refractivity contribution in [3.8, 4) is 0 Å². The van der Waals surface area contributed by atoms with E-state index in [0.29, 0.717) is 0 Å². The quantitative estimate of drug-likeness (QED) is 0.0700. The van der Waals surface area contributed by atoms with Gasteiger partial charge < -0.3 is 26.3 Å². The molecule has 19 rings (SSSR count). The fraction of sp³-hybridized carbons (Fsp3) is 0.404. The Kier molecular flexibility index (Phi) is 117. The third kappa shape index (κ3) is 77.0. The summed E-state index contributed by atoms with van der Waals surface area (Å²) in [6.45, 7) is 62.7. The topological polar surface area (TPSA) is 230 Å². The minimum Gasteiger partial charge on any atom is -0.368 e. The Morgan fingerprint density at radius 2 is 0.528 bits per heavy atom. The van der Waals surface area contributed by atoms with E-state index in [1.807, 2.05) is 327 Å². The molecule has 4 saturated heterocycles. The molecule has 13 heterocycles. The summed E-state index contributed by atoms with van der Waals surface area (Å²) < 4.78 is 0. The number of hydrazine groups is 1. The highest BCUT2D eigenvalue weighted by molar-refractivity contribution is 5.98. The van der Waals surface area contributed by atoms with Crippen molar-refractivity contribution in [1.29, 1.82) is 0 Å². The highest BCUT2D eigenvalue weighted by Crippen LogP contribution is 2.22. The number of aromatic nitrogens is 12. The first kappa shape index (κ1) is 129. The molecule has 6 aromatic carbocycles. The molecule has 127 heavy (non-hydrogen) atoms. The zero-order valence-corrected chi connectivity index (χ0v) is 83.7. The minimum absolute atomic E-state index is 1.00. The van der Waals surface area contributed by atoms with Gasteiger partial charge in [-0.05, 0) is 219 Å². The number of rotatable bonds is 0. The van der Waals surface area contributed by atoms with E-state index >= 15 is 0 Å². The van der Waals surface area contributed by atoms with Gasteiger partial charge in [0, 0.05) is 147 Å². The van der Waals surface area contributed by atoms with Crippen LogP contribution in [0.25, 0.3) is 64.9 Å². The normalized spacial score (nSPS) is 10.9. The summed E-state index contributed by atoms with van der Waals surface area (Å²) >= 11 is 0. The van der Waals surface area contributed by atoms with Crippen LogP contribution in [0.1, 0.15) is 238 Å². The van der Waals surface area contributed by atoms with Crippen molar-refractivity contribution < 1.29 is 0 Å². The van der Waals surface area contributed by atoms with Crippen LogP contribution < -0.4 is 32.1 Å². The highest BCUT2D eigenvalue weighted by atomic mass is 15.4. The lowest BCUT2D eigenvalue weighted by atomic mass is 10.1. The monoisotopic (exact) mass is 1740 g/mol. The summed E-state index contributed by atoms with van der Waals surface area (Å²) in [5.74, 6) is 0. The van der Waals surface area contributed by atoms with Crippen molar-refractivity contribution in [3.63, 3.8) is 0 Å². The number of aromatic amines is 1. The number of benzene rings is 6. The Bertz CT molecular complexity index is 3500. The second-order valence-corrected chi connectivity index (χ2v) is 22.6. The van der Waals surface area contributed by atoms with Crippen molar-refractivity contribution in [2.45, 2.75) is 238 Å². The van der Waals surface area contributed by atoms with Crippen LogP contribution in [0.3, 0.4) is 0 Å². The van der Waals surface area contributed by atoms with Crippen LogP contribution in [-0.4, -0.2) is 119 Å². The molecule has 4 aliphatic rings. The number of fused-ring (bicyclic) bond motifs is 6. The van der Waals surface area contributed by atoms with E-state index in [4.69, 9.17) is 0 Å². The molecule has 18 heteroatoms. The van der Waals surface area contributed by atoms with Crippen LogP contribution in [0.15, 0.2) is 324 Å². The highest BCUT2D eigenvalue weighted by Gasteiger charge is 2.00. The second-order valence-electron chi connectivity index (χ2n) is 22.6. The zero-order valence-electron chi connectivity index (χ0n) is 83.7. The van der Waals surface area contributed by atoms with E-state index in [-0.39, 0.29) is 0 Å². The van der Waals surface area contributed by atoms with Gasteiger partial charge in [-0.2, -0.15) is 10.2 Å². The predicted molar refractivity (Wildman–Crippen MR) is 565 cm³/mol. The third-order valence-electron chi connectivity index (χ3n) is 14.9. The van der Waals surface area contributed by atoms with E-state index in [2.05, 4.69) is 195 Å². The van der Waals surface area contributed by atoms with Gasteiger partial charge in [0.05, 0.1) is 11.0 Å². The molecule has 0 unspecified atom stereocenters. The minimum atomic E-state index is 1.00. The maximum absolute atomic E-state index is 4.33. The maximum atomic E-state index is 4.33. The van der Waals surface area contributed by atoms with Gasteiger partial charge in [0.15, 0.2) is 0 Å². The molecule has 18 nitrogen and oxygen atoms in total. The van der Waals surface area contributed by atoms with Gasteiger partial charge in [0.1, 0.15) is 6.33 Å². The molecule has 0 amide bonds. The van der Waals surface area contributed by atoms with Crippen molar-refractivity contribution in [3.05, 3.63) is 324 Å². The molecule has 0 aliphatic carbocycles. The fourth-order valence-electron chi connectivity index (χ4n) is 9.74. The third-order valence-corrected chi connectivity index (χ3v) is 14.9. The van der Waals surface area contributed by atoms with Crippen LogP contribution in [0.5, 0.6) is 0 Å². The smallest absolute Gasteiger partial charge is 0.115 e. The first-order chi connectivity index (χ1) is 63.3. The number of para-hydroxylation sites is 1. The average molecular weight is 1740 g/mol. The van der Waals surface area contributed by atoms with E-state index < -0.39 is 0 Å². The molecular formula is C109H174N18. The van der Waals surface area contributed by atoms with E-state index in [1.165, 1.54) is 157 Å². The Morgan fingerprint density at radius 3 is 0.835 bits per heavy atom. The molecule has 0 saturated carbocycles. The largest absolute Gasteiger partial charge is 0.368 e. The standard InChI is InChI=1S/2C13H9N.2C9H7N.2C5H11N.C5H5N.C4H4N2.C4H10N2.C4H4N2.C4H10N2.C4H4N2.C4H5N.13C2H6/c1-2-5-11-9-13-12(6-3-7-14-13)8-10(11)4-1;1-2-4-11-8-13-9-14-6-5-12(13)7-10(11)3-1;1-2-6-9-8(4-1)5-3-7-10-9;1-2-4-9-7-10-6-5-8(9)3-1;3*1-2-4-6-5-3-1;1-2-6-4-3-5-1;2*1-2-5-4-6-3-1;2*1-2-4-6-5-3-1;1-2-4-5-3-1;13*1-2/h2*1-9H;2*1-7H;2*6H,1-5H2;1-5H;1-4H;5-6H,1-4H2;1-4H;5-6H,1-4H2;1-4H;1-5H;13*1-2H3. The van der Waals surface area contributed by atoms with Crippen LogP contribution in [0.2, 0.25) is 0 Å². The molecule has 0 bridgehead atoms. The van der Waals surface area contributed by atoms with Gasteiger partial charge in [0.25, 0.3) is 0 Å². The van der Waals surface area contributed by atoms with Gasteiger partial charge in [-0.1, -0.05) is 302 Å². The summed E-state index contributed by atoms with van der Waals surface area (Å²) in [4.78, 5) is 38.1. The molecule has 0 radical (unpaired) electrons. The molecule has 0 spiro atoms. The van der Waals surface area contributed by atoms with Crippen molar-refractivity contribution in [2.75, 3.05) is 59.0 Å². The summed E-state index contributed by atoms with van der Waals surface area (Å²) in [6, 6.07) is 68.8. The lowest BCUT2D eigenvalue weighted by Gasteiger charge is -2.11. The van der Waals surface area contributed by atoms with Gasteiger partial charge in [-0.25, -0.2) is 9.97 Å². The van der Waals surface area contributed by atoms with Gasteiger partial charge in [-0.3, -0.25) is 45.7 Å². The SMILES string of the molecule is C1CCNCC1.C1CCNCC1.C1CCNNC1.C1CNCNC1.CC.CC.CC.CC.CC.CC.CC.CC.CC.CC.CC.CC.CC.c1cc[nH]c1.c1ccc2cc3cnccc3cc2c1.c1ccc2cc3ncccc3cc2c1.c1ccc2cnccc2c1.c1ccc2ncccc2c1.c1ccncc1.c1ccnnc1.c1cnccn1.c1cncnc1. The second kappa shape index (κ2) is 115. The van der Waals surface area contributed by atoms with E-state index in [0.717, 1.165) is 30.8 Å². The van der Waals surface area contributed by atoms with Crippen molar-refractivity contribution >= 4 is 64.9 Å². The van der Waals surface area contributed by atoms with Crippen molar-refractivity contribution in [1.82, 2.24) is 92.2 Å². The predicted octanol–water partition coefficient (Wildman–Crippen LogP) is 29.0. The van der Waals surface area contributed by atoms with Crippen molar-refractivity contribution in [2.24, 2.45) is 0 Å². The zero-order chi connectivity index (χ0) is 95.9. The summed E-state index contributed by atoms with van der Waals surface area (Å²) in [7, 11) is 0. The molecule has 4 aliphatic heterocycles. The summed E-state index contributed by atoms with van der Waals surface area (Å²) in [6.07, 6.45) is 45.4. The first-order valence-electron chi connectivity index (χ1n) is 47.7. The molecule has 9 aromatic heterocycles. The number of hydrogen-bond donors (Lipinski definition) is 7. The molecule has 0 atom stereocenters. The summed E-state index contributed by atoms with van der Waals surface area (Å²) in [5, 5.41) is 32.4. The first-order valence-corrected chi connectivity index (χ1v) is 47.7. The number of hydrogen-bond acceptors (Lipinski definition) is 17. The van der Waals surface area contributed by atoms with Gasteiger partial charge in [-0.15, -0.1) is 0 Å². The van der Waals surface area contributed by atoms with E-state index in [9.17, 15) is 0 Å². The summed E-state index contributed by atoms with van der Waals surface area (Å²) in [5.41, 5.74) is 8.19. The maximum Gasteiger partial charge on any atom is 0.115 e. The Hall–Kier alpha value is -11.1. The Labute approximate surface area is 773 Å².